The van der Waals surface area contributed by atoms with Crippen molar-refractivity contribution in [3.8, 4) is 6.07 Å². The molecule has 2 atom stereocenters. The predicted octanol–water partition coefficient (Wildman–Crippen LogP) is 5.89. The summed E-state index contributed by atoms with van der Waals surface area (Å²) in [6, 6.07) is 11.3. The van der Waals surface area contributed by atoms with E-state index in [1.165, 1.54) is 4.90 Å². The molecule has 0 bridgehead atoms. The zero-order chi connectivity index (χ0) is 29.5. The van der Waals surface area contributed by atoms with E-state index in [4.69, 9.17) is 4.74 Å². The fourth-order valence-corrected chi connectivity index (χ4v) is 4.61. The summed E-state index contributed by atoms with van der Waals surface area (Å²) in [6.45, 7) is 16.3. The molecule has 0 saturated heterocycles. The minimum atomic E-state index is -1.10. The Morgan fingerprint density at radius 1 is 0.949 bits per heavy atom. The number of hydrogen-bond acceptors (Lipinski definition) is 5. The van der Waals surface area contributed by atoms with Crippen LogP contribution in [0.1, 0.15) is 74.9 Å². The smallest absolute Gasteiger partial charge is 0.408 e. The summed E-state index contributed by atoms with van der Waals surface area (Å²) >= 11 is 0. The number of carbonyl (C=O) groups is 3. The molecule has 0 saturated carbocycles. The van der Waals surface area contributed by atoms with Crippen molar-refractivity contribution in [1.82, 2.24) is 10.2 Å². The molecule has 2 unspecified atom stereocenters. The van der Waals surface area contributed by atoms with E-state index in [2.05, 4.69) is 16.7 Å². The van der Waals surface area contributed by atoms with Gasteiger partial charge in [-0.05, 0) is 88.6 Å². The van der Waals surface area contributed by atoms with Gasteiger partial charge in [0.25, 0.3) is 5.91 Å². The van der Waals surface area contributed by atoms with Gasteiger partial charge in [0.05, 0.1) is 6.07 Å². The molecule has 2 aromatic carbocycles. The van der Waals surface area contributed by atoms with Gasteiger partial charge < -0.3 is 20.3 Å². The highest BCUT2D eigenvalue weighted by molar-refractivity contribution is 6.00. The molecule has 0 aromatic heterocycles. The van der Waals surface area contributed by atoms with E-state index in [1.54, 1.807) is 20.8 Å². The van der Waals surface area contributed by atoms with E-state index in [0.717, 1.165) is 22.3 Å². The monoisotopic (exact) mass is 534 g/mol. The van der Waals surface area contributed by atoms with Crippen molar-refractivity contribution in [3.63, 3.8) is 0 Å². The molecule has 0 spiro atoms. The van der Waals surface area contributed by atoms with Crippen LogP contribution in [0.25, 0.3) is 0 Å². The third-order valence-electron chi connectivity index (χ3n) is 6.33. The second kappa shape index (κ2) is 13.3. The van der Waals surface area contributed by atoms with Crippen molar-refractivity contribution < 1.29 is 19.1 Å². The third-order valence-corrected chi connectivity index (χ3v) is 6.33. The number of nitrogens with zero attached hydrogens (tertiary/aromatic N) is 2. The fourth-order valence-electron chi connectivity index (χ4n) is 4.61. The Kier molecular flexibility index (Phi) is 10.7. The summed E-state index contributed by atoms with van der Waals surface area (Å²) in [7, 11) is 0. The lowest BCUT2D eigenvalue weighted by atomic mass is 9.92. The Balaban J connectivity index is 2.63. The van der Waals surface area contributed by atoms with Gasteiger partial charge in [-0.1, -0.05) is 50.2 Å². The number of hydrogen-bond donors (Lipinski definition) is 2. The molecule has 0 aliphatic heterocycles. The molecular formula is C31H42N4O4. The second-order valence-electron chi connectivity index (χ2n) is 11.4. The maximum Gasteiger partial charge on any atom is 0.408 e. The summed E-state index contributed by atoms with van der Waals surface area (Å²) < 4.78 is 5.41. The SMILES string of the molecule is Cc1cccc(C)c1NC(=O)C(c1c(C)cccc1C)N(CC#N)C(=O)C(CC(C)C)NC(=O)OC(C)(C)C. The van der Waals surface area contributed by atoms with Crippen LogP contribution in [-0.4, -0.2) is 41.0 Å². The van der Waals surface area contributed by atoms with E-state index >= 15 is 0 Å². The molecule has 2 rings (SSSR count). The van der Waals surface area contributed by atoms with Crippen LogP contribution in [-0.2, 0) is 14.3 Å². The summed E-state index contributed by atoms with van der Waals surface area (Å²) in [5.74, 6) is -0.922. The minimum Gasteiger partial charge on any atom is -0.444 e. The third kappa shape index (κ3) is 8.57. The molecule has 39 heavy (non-hydrogen) atoms. The summed E-state index contributed by atoms with van der Waals surface area (Å²) in [6.07, 6.45) is -0.431. The number of anilines is 1. The molecule has 2 aromatic rings. The zero-order valence-corrected chi connectivity index (χ0v) is 24.6. The minimum absolute atomic E-state index is 0.0416. The highest BCUT2D eigenvalue weighted by atomic mass is 16.6. The van der Waals surface area contributed by atoms with Gasteiger partial charge in [-0.2, -0.15) is 5.26 Å². The van der Waals surface area contributed by atoms with Crippen LogP contribution in [0.3, 0.4) is 0 Å². The molecule has 0 aliphatic carbocycles. The van der Waals surface area contributed by atoms with Crippen LogP contribution in [0.2, 0.25) is 0 Å². The average Bonchev–Trinajstić information content (AvgIpc) is 2.80. The molecule has 0 fully saturated rings. The van der Waals surface area contributed by atoms with Gasteiger partial charge in [-0.15, -0.1) is 0 Å². The number of carbonyl (C=O) groups excluding carboxylic acids is 3. The molecule has 8 heteroatoms. The Morgan fingerprint density at radius 2 is 1.46 bits per heavy atom. The number of nitriles is 1. The Bertz CT molecular complexity index is 1200. The van der Waals surface area contributed by atoms with Crippen LogP contribution in [0, 0.1) is 44.9 Å². The number of nitrogens with one attached hydrogen (secondary N) is 2. The molecule has 8 nitrogen and oxygen atoms in total. The largest absolute Gasteiger partial charge is 0.444 e. The summed E-state index contributed by atoms with van der Waals surface area (Å²) in [4.78, 5) is 42.1. The normalized spacial score (nSPS) is 12.7. The lowest BCUT2D eigenvalue weighted by molar-refractivity contribution is -0.140. The van der Waals surface area contributed by atoms with Gasteiger partial charge in [0.15, 0.2) is 0 Å². The molecular weight excluding hydrogens is 492 g/mol. The first-order chi connectivity index (χ1) is 18.2. The van der Waals surface area contributed by atoms with Crippen LogP contribution in [0.5, 0.6) is 0 Å². The number of rotatable bonds is 9. The lowest BCUT2D eigenvalue weighted by Crippen LogP contribution is -2.53. The van der Waals surface area contributed by atoms with Gasteiger partial charge >= 0.3 is 6.09 Å². The Morgan fingerprint density at radius 3 is 1.92 bits per heavy atom. The number of para-hydroxylation sites is 1. The number of ether oxygens (including phenoxy) is 1. The first-order valence-electron chi connectivity index (χ1n) is 13.3. The van der Waals surface area contributed by atoms with Gasteiger partial charge in [0.1, 0.15) is 24.2 Å². The fraction of sp³-hybridized carbons (Fsp3) is 0.484. The van der Waals surface area contributed by atoms with Gasteiger partial charge in [0.2, 0.25) is 5.91 Å². The molecule has 2 N–H and O–H groups in total. The van der Waals surface area contributed by atoms with Crippen molar-refractivity contribution in [2.75, 3.05) is 11.9 Å². The number of benzene rings is 2. The maximum absolute atomic E-state index is 14.1. The second-order valence-corrected chi connectivity index (χ2v) is 11.4. The maximum atomic E-state index is 14.1. The van der Waals surface area contributed by atoms with E-state index < -0.39 is 35.6 Å². The first-order valence-corrected chi connectivity index (χ1v) is 13.3. The van der Waals surface area contributed by atoms with Crippen LogP contribution in [0.4, 0.5) is 10.5 Å². The Hall–Kier alpha value is -3.86. The van der Waals surface area contributed by atoms with Crippen LogP contribution >= 0.6 is 0 Å². The van der Waals surface area contributed by atoms with Crippen molar-refractivity contribution in [1.29, 1.82) is 5.26 Å². The van der Waals surface area contributed by atoms with E-state index in [9.17, 15) is 19.6 Å². The van der Waals surface area contributed by atoms with E-state index in [-0.39, 0.29) is 12.5 Å². The summed E-state index contributed by atoms with van der Waals surface area (Å²) in [5.41, 5.74) is 3.94. The lowest BCUT2D eigenvalue weighted by Gasteiger charge is -2.34. The molecule has 0 heterocycles. The topological polar surface area (TPSA) is 112 Å². The van der Waals surface area contributed by atoms with Crippen molar-refractivity contribution in [2.45, 2.75) is 86.4 Å². The molecule has 0 aliphatic rings. The van der Waals surface area contributed by atoms with Crippen molar-refractivity contribution in [2.24, 2.45) is 5.92 Å². The summed E-state index contributed by atoms with van der Waals surface area (Å²) in [5, 5.41) is 15.5. The molecule has 3 amide bonds. The average molecular weight is 535 g/mol. The van der Waals surface area contributed by atoms with Crippen molar-refractivity contribution in [3.05, 3.63) is 64.2 Å². The zero-order valence-electron chi connectivity index (χ0n) is 24.6. The van der Waals surface area contributed by atoms with Gasteiger partial charge in [-0.3, -0.25) is 9.59 Å². The first kappa shape index (κ1) is 31.4. The highest BCUT2D eigenvalue weighted by Crippen LogP contribution is 2.31. The van der Waals surface area contributed by atoms with E-state index in [0.29, 0.717) is 17.7 Å². The standard InChI is InChI=1S/C31H42N4O4/c1-19(2)18-24(33-30(38)39-31(7,8)9)29(37)35(17-16-32)27(25-20(3)12-10-13-21(25)4)28(36)34-26-22(5)14-11-15-23(26)6/h10-15,19,24,27H,17-18H2,1-9H3,(H,33,38)(H,34,36). The van der Waals surface area contributed by atoms with Gasteiger partial charge in [0, 0.05) is 5.69 Å². The predicted molar refractivity (Wildman–Crippen MR) is 153 cm³/mol. The number of alkyl carbamates (subject to hydrolysis) is 1. The number of aryl methyl sites for hydroxylation is 4. The van der Waals surface area contributed by atoms with Gasteiger partial charge in [-0.25, -0.2) is 4.79 Å². The molecule has 210 valence electrons. The number of amides is 3. The van der Waals surface area contributed by atoms with Crippen LogP contribution in [0.15, 0.2) is 36.4 Å². The van der Waals surface area contributed by atoms with E-state index in [1.807, 2.05) is 77.9 Å². The van der Waals surface area contributed by atoms with Crippen LogP contribution < -0.4 is 10.6 Å². The quantitative estimate of drug-likeness (QED) is 0.390. The Labute approximate surface area is 232 Å². The van der Waals surface area contributed by atoms with Crippen molar-refractivity contribution >= 4 is 23.6 Å². The highest BCUT2D eigenvalue weighted by Gasteiger charge is 2.38. The molecule has 0 radical (unpaired) electrons.